The Balaban J connectivity index is 4.29. The minimum Gasteiger partial charge on any atom is -0.381 e. The smallest absolute Gasteiger partial charge is 0.154 e. The van der Waals surface area contributed by atoms with Crippen molar-refractivity contribution in [3.05, 3.63) is 0 Å². The fourth-order valence-electron chi connectivity index (χ4n) is 2.23. The number of hydrogen-bond donors (Lipinski definition) is 1. The lowest BCUT2D eigenvalue weighted by atomic mass is 10.4. The van der Waals surface area contributed by atoms with Crippen molar-refractivity contribution >= 4 is 7.29 Å². The molecule has 0 aromatic heterocycles. The maximum absolute atomic E-state index is 13.3. The lowest BCUT2D eigenvalue weighted by Crippen LogP contribution is -2.25. The fourth-order valence-corrected chi connectivity index (χ4v) is 4.47. The van der Waals surface area contributed by atoms with Crippen LogP contribution in [-0.2, 0) is 14.0 Å². The Morgan fingerprint density at radius 3 is 1.87 bits per heavy atom. The summed E-state index contributed by atoms with van der Waals surface area (Å²) >= 11 is 0. The van der Waals surface area contributed by atoms with Gasteiger partial charge in [0.25, 0.3) is 0 Å². The maximum atomic E-state index is 13.3. The van der Waals surface area contributed by atoms with Gasteiger partial charge in [-0.3, -0.25) is 4.67 Å². The molecule has 0 fully saturated rings. The van der Waals surface area contributed by atoms with Gasteiger partial charge in [0.2, 0.25) is 0 Å². The first-order valence-electron chi connectivity index (χ1n) is 9.20. The molecule has 0 radical (unpaired) electrons. The topological polar surface area (TPSA) is 50.8 Å². The van der Waals surface area contributed by atoms with E-state index in [-0.39, 0.29) is 0 Å². The molecule has 0 heterocycles. The molecule has 140 valence electrons. The van der Waals surface area contributed by atoms with Crippen LogP contribution < -0.4 is 5.32 Å². The van der Waals surface area contributed by atoms with Crippen molar-refractivity contribution in [2.75, 3.05) is 65.9 Å². The van der Waals surface area contributed by atoms with Crippen LogP contribution in [0.25, 0.3) is 0 Å². The predicted molar refractivity (Wildman–Crippen MR) is 100.0 cm³/mol. The van der Waals surface area contributed by atoms with E-state index in [1.165, 1.54) is 0 Å². The van der Waals surface area contributed by atoms with Gasteiger partial charge in [-0.15, -0.1) is 0 Å². The van der Waals surface area contributed by atoms with Crippen molar-refractivity contribution in [2.45, 2.75) is 46.0 Å². The van der Waals surface area contributed by atoms with Crippen LogP contribution in [0.15, 0.2) is 0 Å². The Bertz CT molecular complexity index is 286. The van der Waals surface area contributed by atoms with Crippen molar-refractivity contribution in [3.63, 3.8) is 0 Å². The van der Waals surface area contributed by atoms with Crippen molar-refractivity contribution in [3.8, 4) is 0 Å². The standard InChI is InChI=1S/C17H39N2O3P/c1-5-7-12-21-14-16-23(20,17-15-22-13-8-6-2)19(4)11-9-10-18-3/h18H,5-17H2,1-4H3. The highest BCUT2D eigenvalue weighted by atomic mass is 31.2. The molecule has 1 N–H and O–H groups in total. The molecule has 5 nitrogen and oxygen atoms in total. The second-order valence-corrected chi connectivity index (χ2v) is 9.33. The third-order valence-electron chi connectivity index (χ3n) is 3.99. The van der Waals surface area contributed by atoms with E-state index in [1.807, 2.05) is 14.1 Å². The third-order valence-corrected chi connectivity index (χ3v) is 7.19. The highest BCUT2D eigenvalue weighted by Gasteiger charge is 2.26. The number of nitrogens with zero attached hydrogens (tertiary/aromatic N) is 1. The largest absolute Gasteiger partial charge is 0.381 e. The lowest BCUT2D eigenvalue weighted by Gasteiger charge is -2.28. The van der Waals surface area contributed by atoms with Gasteiger partial charge in [0.05, 0.1) is 13.2 Å². The Morgan fingerprint density at radius 2 is 1.43 bits per heavy atom. The number of unbranched alkanes of at least 4 members (excludes halogenated alkanes) is 2. The van der Waals surface area contributed by atoms with E-state index in [1.54, 1.807) is 0 Å². The van der Waals surface area contributed by atoms with E-state index in [2.05, 4.69) is 23.8 Å². The summed E-state index contributed by atoms with van der Waals surface area (Å²) in [6, 6.07) is 0. The molecule has 0 rings (SSSR count). The molecule has 0 saturated heterocycles. The average Bonchev–Trinajstić information content (AvgIpc) is 2.54. The molecule has 0 aromatic rings. The molecule has 0 saturated carbocycles. The molecular weight excluding hydrogens is 311 g/mol. The SMILES string of the molecule is CCCCOCCP(=O)(CCOCCCC)N(C)CCCNC. The molecule has 0 atom stereocenters. The average molecular weight is 350 g/mol. The molecule has 0 spiro atoms. The second kappa shape index (κ2) is 15.6. The molecule has 0 amide bonds. The predicted octanol–water partition coefficient (Wildman–Crippen LogP) is 3.44. The Morgan fingerprint density at radius 1 is 0.913 bits per heavy atom. The zero-order valence-electron chi connectivity index (χ0n) is 15.8. The van der Waals surface area contributed by atoms with Crippen LogP contribution in [0, 0.1) is 0 Å². The fraction of sp³-hybridized carbons (Fsp3) is 1.00. The third kappa shape index (κ3) is 12.1. The molecule has 0 aliphatic heterocycles. The first-order chi connectivity index (χ1) is 11.1. The van der Waals surface area contributed by atoms with E-state index in [4.69, 9.17) is 9.47 Å². The van der Waals surface area contributed by atoms with E-state index in [0.717, 1.165) is 58.4 Å². The molecule has 6 heteroatoms. The molecule has 23 heavy (non-hydrogen) atoms. The summed E-state index contributed by atoms with van der Waals surface area (Å²) < 4.78 is 26.6. The van der Waals surface area contributed by atoms with Gasteiger partial charge in [0.1, 0.15) is 0 Å². The van der Waals surface area contributed by atoms with Gasteiger partial charge in [-0.1, -0.05) is 26.7 Å². The second-order valence-electron chi connectivity index (χ2n) is 6.06. The van der Waals surface area contributed by atoms with Crippen molar-refractivity contribution < 1.29 is 14.0 Å². The van der Waals surface area contributed by atoms with Crippen LogP contribution in [0.1, 0.15) is 46.0 Å². The summed E-state index contributed by atoms with van der Waals surface area (Å²) in [6.07, 6.45) is 6.67. The van der Waals surface area contributed by atoms with E-state index < -0.39 is 7.29 Å². The summed E-state index contributed by atoms with van der Waals surface area (Å²) in [4.78, 5) is 0. The zero-order valence-corrected chi connectivity index (χ0v) is 16.7. The van der Waals surface area contributed by atoms with E-state index in [0.29, 0.717) is 25.5 Å². The summed E-state index contributed by atoms with van der Waals surface area (Å²) in [5, 5.41) is 3.14. The van der Waals surface area contributed by atoms with Crippen LogP contribution in [0.2, 0.25) is 0 Å². The number of hydrogen-bond acceptors (Lipinski definition) is 4. The van der Waals surface area contributed by atoms with Gasteiger partial charge >= 0.3 is 0 Å². The van der Waals surface area contributed by atoms with Crippen LogP contribution >= 0.6 is 7.29 Å². The molecule has 0 unspecified atom stereocenters. The van der Waals surface area contributed by atoms with Gasteiger partial charge in [0, 0.05) is 32.1 Å². The zero-order chi connectivity index (χ0) is 17.4. The number of nitrogens with one attached hydrogen (secondary N) is 1. The Hall–Kier alpha value is 0.0700. The summed E-state index contributed by atoms with van der Waals surface area (Å²) in [5.74, 6) is 0. The Labute approximate surface area is 143 Å². The van der Waals surface area contributed by atoms with E-state index in [9.17, 15) is 4.57 Å². The molecular formula is C17H39N2O3P. The normalized spacial score (nSPS) is 12.2. The molecule has 0 aromatic carbocycles. The summed E-state index contributed by atoms with van der Waals surface area (Å²) in [5.41, 5.74) is 0. The van der Waals surface area contributed by atoms with Crippen molar-refractivity contribution in [2.24, 2.45) is 0 Å². The first kappa shape index (κ1) is 23.1. The van der Waals surface area contributed by atoms with Crippen LogP contribution in [0.4, 0.5) is 0 Å². The highest BCUT2D eigenvalue weighted by Crippen LogP contribution is 2.48. The monoisotopic (exact) mass is 350 g/mol. The first-order valence-corrected chi connectivity index (χ1v) is 11.2. The van der Waals surface area contributed by atoms with Gasteiger partial charge in [-0.2, -0.15) is 0 Å². The highest BCUT2D eigenvalue weighted by molar-refractivity contribution is 7.61. The van der Waals surface area contributed by atoms with Gasteiger partial charge < -0.3 is 19.4 Å². The van der Waals surface area contributed by atoms with Crippen molar-refractivity contribution in [1.29, 1.82) is 0 Å². The molecule has 0 aliphatic rings. The van der Waals surface area contributed by atoms with Crippen LogP contribution in [0.3, 0.4) is 0 Å². The number of ether oxygens (including phenoxy) is 2. The number of rotatable bonds is 17. The van der Waals surface area contributed by atoms with Crippen molar-refractivity contribution in [1.82, 2.24) is 9.99 Å². The molecule has 0 bridgehead atoms. The lowest BCUT2D eigenvalue weighted by molar-refractivity contribution is 0.140. The maximum Gasteiger partial charge on any atom is 0.154 e. The summed E-state index contributed by atoms with van der Waals surface area (Å²) in [6.45, 7) is 8.81. The Kier molecular flexibility index (Phi) is 15.6. The van der Waals surface area contributed by atoms with Gasteiger partial charge in [0.15, 0.2) is 7.29 Å². The minimum absolute atomic E-state index is 0.586. The summed E-state index contributed by atoms with van der Waals surface area (Å²) in [7, 11) is 1.54. The molecule has 0 aliphatic carbocycles. The van der Waals surface area contributed by atoms with Crippen LogP contribution in [-0.4, -0.2) is 70.6 Å². The van der Waals surface area contributed by atoms with Crippen LogP contribution in [0.5, 0.6) is 0 Å². The van der Waals surface area contributed by atoms with Gasteiger partial charge in [-0.25, -0.2) is 0 Å². The van der Waals surface area contributed by atoms with E-state index >= 15 is 0 Å². The minimum atomic E-state index is -2.39. The quantitative estimate of drug-likeness (QED) is 0.322. The van der Waals surface area contributed by atoms with Gasteiger partial charge in [-0.05, 0) is 39.9 Å².